The van der Waals surface area contributed by atoms with Gasteiger partial charge in [0, 0.05) is 51.1 Å². The van der Waals surface area contributed by atoms with Gasteiger partial charge in [-0.3, -0.25) is 14.6 Å². The first-order chi connectivity index (χ1) is 12.3. The fraction of sp³-hybridized carbons (Fsp3) is 0.842. The second kappa shape index (κ2) is 14.0. The zero-order valence-electron chi connectivity index (χ0n) is 17.4. The lowest BCUT2D eigenvalue weighted by Gasteiger charge is -2.20. The molecule has 0 aliphatic carbocycles. The molecule has 1 aliphatic rings. The van der Waals surface area contributed by atoms with Gasteiger partial charge in [0.15, 0.2) is 5.96 Å². The van der Waals surface area contributed by atoms with Crippen LogP contribution in [0.5, 0.6) is 0 Å². The van der Waals surface area contributed by atoms with Crippen molar-refractivity contribution in [1.29, 1.82) is 0 Å². The van der Waals surface area contributed by atoms with Gasteiger partial charge in [0.1, 0.15) is 0 Å². The molecule has 0 atom stereocenters. The van der Waals surface area contributed by atoms with Crippen molar-refractivity contribution in [2.45, 2.75) is 59.8 Å². The number of likely N-dealkylation sites (tertiary alicyclic amines) is 1. The minimum Gasteiger partial charge on any atom is -0.357 e. The second-order valence-corrected chi connectivity index (χ2v) is 7.74. The van der Waals surface area contributed by atoms with E-state index in [0.29, 0.717) is 26.1 Å². The van der Waals surface area contributed by atoms with Crippen molar-refractivity contribution in [2.75, 3.05) is 39.3 Å². The Morgan fingerprint density at radius 3 is 2.48 bits per heavy atom. The Labute approximate surface area is 181 Å². The topological polar surface area (TPSA) is 85.8 Å². The van der Waals surface area contributed by atoms with Crippen molar-refractivity contribution in [1.82, 2.24) is 20.9 Å². The van der Waals surface area contributed by atoms with Crippen LogP contribution >= 0.6 is 24.0 Å². The molecule has 1 heterocycles. The number of hydrogen-bond acceptors (Lipinski definition) is 3. The Bertz CT molecular complexity index is 477. The van der Waals surface area contributed by atoms with Crippen molar-refractivity contribution in [3.63, 3.8) is 0 Å². The van der Waals surface area contributed by atoms with Crippen LogP contribution in [0.15, 0.2) is 4.99 Å². The van der Waals surface area contributed by atoms with Gasteiger partial charge < -0.3 is 20.9 Å². The molecule has 1 aliphatic heterocycles. The van der Waals surface area contributed by atoms with E-state index in [1.165, 1.54) is 0 Å². The van der Waals surface area contributed by atoms with Crippen molar-refractivity contribution in [3.05, 3.63) is 0 Å². The summed E-state index contributed by atoms with van der Waals surface area (Å²) in [6.45, 7) is 12.0. The number of nitrogens with zero attached hydrogens (tertiary/aromatic N) is 2. The SMILES string of the molecule is CCNC(=NCCCN1CCCCCC1=O)NCCNC(=O)C(C)(C)C.I. The molecule has 7 nitrogen and oxygen atoms in total. The van der Waals surface area contributed by atoms with Gasteiger partial charge in [0.25, 0.3) is 0 Å². The van der Waals surface area contributed by atoms with Crippen LogP contribution in [0.3, 0.4) is 0 Å². The maximum Gasteiger partial charge on any atom is 0.225 e. The van der Waals surface area contributed by atoms with Gasteiger partial charge in [-0.05, 0) is 26.2 Å². The van der Waals surface area contributed by atoms with Gasteiger partial charge >= 0.3 is 0 Å². The normalized spacial score (nSPS) is 15.6. The average molecular weight is 495 g/mol. The maximum absolute atomic E-state index is 12.0. The van der Waals surface area contributed by atoms with Crippen LogP contribution in [-0.2, 0) is 9.59 Å². The summed E-state index contributed by atoms with van der Waals surface area (Å²) in [6.07, 6.45) is 4.84. The molecule has 0 radical (unpaired) electrons. The Hall–Kier alpha value is -1.06. The molecule has 0 aromatic heterocycles. The highest BCUT2D eigenvalue weighted by molar-refractivity contribution is 14.0. The molecule has 1 rings (SSSR count). The number of nitrogens with one attached hydrogen (secondary N) is 3. The van der Waals surface area contributed by atoms with Crippen LogP contribution in [0.1, 0.15) is 59.8 Å². The van der Waals surface area contributed by atoms with Crippen LogP contribution in [0.2, 0.25) is 0 Å². The lowest BCUT2D eigenvalue weighted by molar-refractivity contribution is -0.130. The van der Waals surface area contributed by atoms with Crippen LogP contribution in [0.4, 0.5) is 0 Å². The molecule has 0 unspecified atom stereocenters. The maximum atomic E-state index is 12.0. The molecular formula is C19H38IN5O2. The van der Waals surface area contributed by atoms with E-state index in [9.17, 15) is 9.59 Å². The number of rotatable bonds is 8. The Kier molecular flexibility index (Phi) is 13.5. The summed E-state index contributed by atoms with van der Waals surface area (Å²) in [6, 6.07) is 0. The summed E-state index contributed by atoms with van der Waals surface area (Å²) in [4.78, 5) is 30.3. The Morgan fingerprint density at radius 2 is 1.81 bits per heavy atom. The molecule has 2 amide bonds. The molecule has 0 aromatic carbocycles. The summed E-state index contributed by atoms with van der Waals surface area (Å²) < 4.78 is 0. The number of aliphatic imine (C=N–C) groups is 1. The third-order valence-corrected chi connectivity index (χ3v) is 4.26. The predicted molar refractivity (Wildman–Crippen MR) is 122 cm³/mol. The lowest BCUT2D eigenvalue weighted by Crippen LogP contribution is -2.43. The van der Waals surface area contributed by atoms with E-state index in [0.717, 1.165) is 51.3 Å². The molecule has 0 spiro atoms. The smallest absolute Gasteiger partial charge is 0.225 e. The largest absolute Gasteiger partial charge is 0.357 e. The predicted octanol–water partition coefficient (Wildman–Crippen LogP) is 2.11. The molecule has 1 saturated heterocycles. The molecule has 27 heavy (non-hydrogen) atoms. The number of carbonyl (C=O) groups is 2. The Morgan fingerprint density at radius 1 is 1.11 bits per heavy atom. The first-order valence-corrected chi connectivity index (χ1v) is 9.93. The van der Waals surface area contributed by atoms with E-state index < -0.39 is 0 Å². The third kappa shape index (κ3) is 11.4. The quantitative estimate of drug-likeness (QED) is 0.209. The third-order valence-electron chi connectivity index (χ3n) is 4.26. The average Bonchev–Trinajstić information content (AvgIpc) is 2.78. The standard InChI is InChI=1S/C19H37N5O2.HI/c1-5-20-18(23-13-12-21-17(26)19(2,3)4)22-11-9-15-24-14-8-6-7-10-16(24)25;/h5-15H2,1-4H3,(H,21,26)(H2,20,22,23);1H. The van der Waals surface area contributed by atoms with E-state index in [1.807, 2.05) is 32.6 Å². The van der Waals surface area contributed by atoms with E-state index in [-0.39, 0.29) is 41.2 Å². The summed E-state index contributed by atoms with van der Waals surface area (Å²) in [5, 5.41) is 9.34. The second-order valence-electron chi connectivity index (χ2n) is 7.74. The summed E-state index contributed by atoms with van der Waals surface area (Å²) in [5.41, 5.74) is -0.372. The number of guanidine groups is 1. The summed E-state index contributed by atoms with van der Waals surface area (Å²) in [5.74, 6) is 1.08. The summed E-state index contributed by atoms with van der Waals surface area (Å²) >= 11 is 0. The van der Waals surface area contributed by atoms with E-state index >= 15 is 0 Å². The highest BCUT2D eigenvalue weighted by atomic mass is 127. The number of carbonyl (C=O) groups excluding carboxylic acids is 2. The van der Waals surface area contributed by atoms with E-state index in [4.69, 9.17) is 0 Å². The van der Waals surface area contributed by atoms with Crippen molar-refractivity contribution >= 4 is 41.8 Å². The van der Waals surface area contributed by atoms with Crippen molar-refractivity contribution in [3.8, 4) is 0 Å². The number of amides is 2. The molecule has 1 fully saturated rings. The molecule has 3 N–H and O–H groups in total. The zero-order chi connectivity index (χ0) is 19.4. The molecule has 8 heteroatoms. The van der Waals surface area contributed by atoms with E-state index in [1.54, 1.807) is 0 Å². The monoisotopic (exact) mass is 495 g/mol. The van der Waals surface area contributed by atoms with Gasteiger partial charge in [0.2, 0.25) is 11.8 Å². The molecule has 158 valence electrons. The van der Waals surface area contributed by atoms with Crippen LogP contribution in [-0.4, -0.2) is 61.9 Å². The zero-order valence-corrected chi connectivity index (χ0v) is 19.7. The fourth-order valence-electron chi connectivity index (χ4n) is 2.69. The lowest BCUT2D eigenvalue weighted by atomic mass is 9.96. The van der Waals surface area contributed by atoms with Crippen LogP contribution < -0.4 is 16.0 Å². The minimum absolute atomic E-state index is 0. The highest BCUT2D eigenvalue weighted by Crippen LogP contribution is 2.12. The fourth-order valence-corrected chi connectivity index (χ4v) is 2.69. The molecule has 0 bridgehead atoms. The summed E-state index contributed by atoms with van der Waals surface area (Å²) in [7, 11) is 0. The highest BCUT2D eigenvalue weighted by Gasteiger charge is 2.20. The van der Waals surface area contributed by atoms with Gasteiger partial charge in [-0.15, -0.1) is 24.0 Å². The van der Waals surface area contributed by atoms with E-state index in [2.05, 4.69) is 20.9 Å². The van der Waals surface area contributed by atoms with Gasteiger partial charge in [0.05, 0.1) is 0 Å². The Balaban J connectivity index is 0.00000676. The van der Waals surface area contributed by atoms with Crippen LogP contribution in [0.25, 0.3) is 0 Å². The van der Waals surface area contributed by atoms with Gasteiger partial charge in [-0.1, -0.05) is 27.2 Å². The van der Waals surface area contributed by atoms with Crippen molar-refractivity contribution < 1.29 is 9.59 Å². The number of hydrogen-bond donors (Lipinski definition) is 3. The first kappa shape index (κ1) is 25.9. The number of halogens is 1. The van der Waals surface area contributed by atoms with Crippen LogP contribution in [0, 0.1) is 5.41 Å². The van der Waals surface area contributed by atoms with Crippen molar-refractivity contribution in [2.24, 2.45) is 10.4 Å². The van der Waals surface area contributed by atoms with Gasteiger partial charge in [-0.25, -0.2) is 0 Å². The van der Waals surface area contributed by atoms with Gasteiger partial charge in [-0.2, -0.15) is 0 Å². The molecular weight excluding hydrogens is 457 g/mol. The first-order valence-electron chi connectivity index (χ1n) is 9.93. The molecule has 0 saturated carbocycles. The minimum atomic E-state index is -0.372. The molecule has 0 aromatic rings.